The molecule has 0 aliphatic carbocycles. The van der Waals surface area contributed by atoms with E-state index >= 15 is 0 Å². The summed E-state index contributed by atoms with van der Waals surface area (Å²) >= 11 is 0. The quantitative estimate of drug-likeness (QED) is 0.597. The third kappa shape index (κ3) is 1.51. The topological polar surface area (TPSA) is 46.0 Å². The number of hydrogen-bond donors (Lipinski definition) is 1. The molecule has 0 amide bonds. The minimum Gasteiger partial charge on any atom is -0.506 e. The second-order valence-corrected chi connectivity index (χ2v) is 4.32. The molecule has 0 bridgehead atoms. The van der Waals surface area contributed by atoms with Gasteiger partial charge in [-0.1, -0.05) is 12.1 Å². The van der Waals surface area contributed by atoms with Crippen molar-refractivity contribution in [2.75, 3.05) is 0 Å². The number of nitrogens with zero attached hydrogens (tertiary/aromatic N) is 2. The summed E-state index contributed by atoms with van der Waals surface area (Å²) in [5.41, 5.74) is 5.09. The Morgan fingerprint density at radius 1 is 0.941 bits per heavy atom. The normalized spacial score (nSPS) is 11.2. The fourth-order valence-electron chi connectivity index (χ4n) is 2.06. The highest BCUT2D eigenvalue weighted by Crippen LogP contribution is 2.26. The van der Waals surface area contributed by atoms with E-state index in [1.165, 1.54) is 0 Å². The predicted molar refractivity (Wildman–Crippen MR) is 68.2 cm³/mol. The average Bonchev–Trinajstić information content (AvgIpc) is 2.28. The zero-order valence-corrected chi connectivity index (χ0v) is 9.73. The maximum atomic E-state index is 9.88. The van der Waals surface area contributed by atoms with Crippen LogP contribution in [0.1, 0.15) is 11.1 Å². The van der Waals surface area contributed by atoms with Crippen molar-refractivity contribution in [1.82, 2.24) is 9.97 Å². The second-order valence-electron chi connectivity index (χ2n) is 4.32. The summed E-state index contributed by atoms with van der Waals surface area (Å²) in [7, 11) is 0. The van der Waals surface area contributed by atoms with E-state index in [0.717, 1.165) is 27.7 Å². The second kappa shape index (κ2) is 3.42. The molecule has 1 N–H and O–H groups in total. The monoisotopic (exact) mass is 224 g/mol. The molecule has 3 heteroatoms. The molecule has 84 valence electrons. The first-order valence-corrected chi connectivity index (χ1v) is 5.52. The van der Waals surface area contributed by atoms with E-state index in [2.05, 4.69) is 9.97 Å². The SMILES string of the molecule is Cc1cc(O)c2nc3cccc(C)c3nc2c1. The number of phenolic OH excluding ortho intramolecular Hbond substituents is 1. The zero-order valence-electron chi connectivity index (χ0n) is 9.73. The fraction of sp³-hybridized carbons (Fsp3) is 0.143. The highest BCUT2D eigenvalue weighted by molar-refractivity contribution is 5.90. The molecule has 0 spiro atoms. The molecule has 3 nitrogen and oxygen atoms in total. The number of hydrogen-bond acceptors (Lipinski definition) is 3. The molecular weight excluding hydrogens is 212 g/mol. The van der Waals surface area contributed by atoms with Gasteiger partial charge >= 0.3 is 0 Å². The summed E-state index contributed by atoms with van der Waals surface area (Å²) in [5, 5.41) is 9.88. The van der Waals surface area contributed by atoms with E-state index in [1.54, 1.807) is 6.07 Å². The van der Waals surface area contributed by atoms with Crippen molar-refractivity contribution >= 4 is 22.1 Å². The number of para-hydroxylation sites is 1. The Kier molecular flexibility index (Phi) is 2.01. The Balaban J connectivity index is 2.52. The maximum Gasteiger partial charge on any atom is 0.143 e. The molecule has 1 aromatic heterocycles. The van der Waals surface area contributed by atoms with Gasteiger partial charge in [-0.2, -0.15) is 0 Å². The van der Waals surface area contributed by atoms with E-state index in [9.17, 15) is 5.11 Å². The van der Waals surface area contributed by atoms with Gasteiger partial charge < -0.3 is 5.11 Å². The number of fused-ring (bicyclic) bond motifs is 2. The lowest BCUT2D eigenvalue weighted by molar-refractivity contribution is 0.480. The summed E-state index contributed by atoms with van der Waals surface area (Å²) < 4.78 is 0. The number of aromatic nitrogens is 2. The largest absolute Gasteiger partial charge is 0.506 e. The highest BCUT2D eigenvalue weighted by atomic mass is 16.3. The molecule has 0 aliphatic heterocycles. The number of aryl methyl sites for hydroxylation is 2. The van der Waals surface area contributed by atoms with Gasteiger partial charge in [0.25, 0.3) is 0 Å². The van der Waals surface area contributed by atoms with E-state index in [1.807, 2.05) is 38.1 Å². The van der Waals surface area contributed by atoms with Gasteiger partial charge in [-0.05, 0) is 43.2 Å². The lowest BCUT2D eigenvalue weighted by Gasteiger charge is -2.05. The molecule has 2 aromatic carbocycles. The van der Waals surface area contributed by atoms with Crippen molar-refractivity contribution in [3.05, 3.63) is 41.5 Å². The van der Waals surface area contributed by atoms with Gasteiger partial charge in [-0.3, -0.25) is 0 Å². The maximum absolute atomic E-state index is 9.88. The molecule has 0 saturated carbocycles. The molecule has 1 heterocycles. The van der Waals surface area contributed by atoms with Crippen molar-refractivity contribution in [2.24, 2.45) is 0 Å². The van der Waals surface area contributed by atoms with Crippen LogP contribution in [0.5, 0.6) is 5.75 Å². The first-order chi connectivity index (χ1) is 8.15. The first kappa shape index (κ1) is 10.0. The van der Waals surface area contributed by atoms with Crippen molar-refractivity contribution < 1.29 is 5.11 Å². The summed E-state index contributed by atoms with van der Waals surface area (Å²) in [4.78, 5) is 9.04. The van der Waals surface area contributed by atoms with Crippen LogP contribution in [0.25, 0.3) is 22.1 Å². The van der Waals surface area contributed by atoms with Crippen LogP contribution in [-0.4, -0.2) is 15.1 Å². The summed E-state index contributed by atoms with van der Waals surface area (Å²) in [6.07, 6.45) is 0. The van der Waals surface area contributed by atoms with Crippen molar-refractivity contribution in [3.8, 4) is 5.75 Å². The lowest BCUT2D eigenvalue weighted by atomic mass is 10.1. The Bertz CT molecular complexity index is 735. The van der Waals surface area contributed by atoms with E-state index in [0.29, 0.717) is 5.52 Å². The molecule has 0 unspecified atom stereocenters. The van der Waals surface area contributed by atoms with Crippen LogP contribution in [0.2, 0.25) is 0 Å². The predicted octanol–water partition coefficient (Wildman–Crippen LogP) is 3.11. The summed E-state index contributed by atoms with van der Waals surface area (Å²) in [6, 6.07) is 9.52. The van der Waals surface area contributed by atoms with Crippen LogP contribution in [0, 0.1) is 13.8 Å². The standard InChI is InChI=1S/C14H12N2O/c1-8-6-11-14(12(17)7-8)15-10-5-3-4-9(2)13(10)16-11/h3-7,17H,1-2H3. The highest BCUT2D eigenvalue weighted by Gasteiger charge is 2.07. The van der Waals surface area contributed by atoms with Gasteiger partial charge in [0, 0.05) is 0 Å². The van der Waals surface area contributed by atoms with Crippen LogP contribution < -0.4 is 0 Å². The van der Waals surface area contributed by atoms with Crippen molar-refractivity contribution in [2.45, 2.75) is 13.8 Å². The molecule has 0 saturated heterocycles. The minimum atomic E-state index is 0.191. The van der Waals surface area contributed by atoms with Gasteiger partial charge in [0.2, 0.25) is 0 Å². The minimum absolute atomic E-state index is 0.191. The van der Waals surface area contributed by atoms with Crippen LogP contribution in [0.4, 0.5) is 0 Å². The number of aromatic hydroxyl groups is 1. The molecule has 17 heavy (non-hydrogen) atoms. The van der Waals surface area contributed by atoms with Gasteiger partial charge in [-0.15, -0.1) is 0 Å². The zero-order chi connectivity index (χ0) is 12.0. The number of benzene rings is 2. The van der Waals surface area contributed by atoms with Crippen LogP contribution in [0.3, 0.4) is 0 Å². The molecule has 0 atom stereocenters. The van der Waals surface area contributed by atoms with Crippen LogP contribution in [0.15, 0.2) is 30.3 Å². The lowest BCUT2D eigenvalue weighted by Crippen LogP contribution is -1.90. The molecule has 0 radical (unpaired) electrons. The Hall–Kier alpha value is -2.16. The van der Waals surface area contributed by atoms with E-state index in [-0.39, 0.29) is 5.75 Å². The molecule has 0 aliphatic rings. The molecule has 3 rings (SSSR count). The number of phenols is 1. The first-order valence-electron chi connectivity index (χ1n) is 5.52. The summed E-state index contributed by atoms with van der Waals surface area (Å²) in [5.74, 6) is 0.191. The van der Waals surface area contributed by atoms with Crippen molar-refractivity contribution in [3.63, 3.8) is 0 Å². The smallest absolute Gasteiger partial charge is 0.143 e. The van der Waals surface area contributed by atoms with Gasteiger partial charge in [0.15, 0.2) is 0 Å². The van der Waals surface area contributed by atoms with Crippen molar-refractivity contribution in [1.29, 1.82) is 0 Å². The molecule has 3 aromatic rings. The molecular formula is C14H12N2O. The third-order valence-electron chi connectivity index (χ3n) is 2.89. The van der Waals surface area contributed by atoms with Crippen LogP contribution >= 0.6 is 0 Å². The Labute approximate surface area is 98.8 Å². The van der Waals surface area contributed by atoms with Gasteiger partial charge in [0.1, 0.15) is 11.3 Å². The van der Waals surface area contributed by atoms with E-state index < -0.39 is 0 Å². The molecule has 0 fully saturated rings. The fourth-order valence-corrected chi connectivity index (χ4v) is 2.06. The third-order valence-corrected chi connectivity index (χ3v) is 2.89. The van der Waals surface area contributed by atoms with Crippen LogP contribution in [-0.2, 0) is 0 Å². The average molecular weight is 224 g/mol. The van der Waals surface area contributed by atoms with Gasteiger partial charge in [0.05, 0.1) is 16.6 Å². The Morgan fingerprint density at radius 3 is 2.53 bits per heavy atom. The van der Waals surface area contributed by atoms with Gasteiger partial charge in [-0.25, -0.2) is 9.97 Å². The van der Waals surface area contributed by atoms with E-state index in [4.69, 9.17) is 0 Å². The number of rotatable bonds is 0. The summed E-state index contributed by atoms with van der Waals surface area (Å²) in [6.45, 7) is 3.95. The Morgan fingerprint density at radius 2 is 1.71 bits per heavy atom.